The molecule has 0 saturated carbocycles. The topological polar surface area (TPSA) is 72.2 Å². The van der Waals surface area contributed by atoms with Crippen molar-refractivity contribution in [2.45, 2.75) is 25.9 Å². The summed E-state index contributed by atoms with van der Waals surface area (Å²) in [6.07, 6.45) is 2.01. The molecule has 0 aromatic carbocycles. The largest absolute Gasteiger partial charge is 0.393 e. The zero-order chi connectivity index (χ0) is 10.4. The van der Waals surface area contributed by atoms with Crippen molar-refractivity contribution in [2.24, 2.45) is 11.0 Å². The van der Waals surface area contributed by atoms with E-state index in [9.17, 15) is 5.11 Å². The Morgan fingerprint density at radius 2 is 2.50 bits per heavy atom. The average molecular weight is 198 g/mol. The zero-order valence-corrected chi connectivity index (χ0v) is 8.63. The van der Waals surface area contributed by atoms with Crippen molar-refractivity contribution >= 4 is 0 Å². The maximum Gasteiger partial charge on any atom is 0.0552 e. The minimum absolute atomic E-state index is 0.225. The van der Waals surface area contributed by atoms with Crippen molar-refractivity contribution in [2.75, 3.05) is 26.2 Å². The highest BCUT2D eigenvalue weighted by Gasteiger charge is 2.22. The Bertz CT molecular complexity index is 213. The Morgan fingerprint density at radius 3 is 3.14 bits per heavy atom. The highest BCUT2D eigenvalue weighted by atomic mass is 16.3. The summed E-state index contributed by atoms with van der Waals surface area (Å²) in [4.78, 5) is 4.98. The number of piperidine rings is 1. The molecular weight excluding hydrogens is 180 g/mol. The number of hydrogen-bond acceptors (Lipinski definition) is 3. The predicted molar refractivity (Wildman–Crippen MR) is 54.9 cm³/mol. The van der Waals surface area contributed by atoms with Crippen molar-refractivity contribution in [1.29, 1.82) is 0 Å². The van der Waals surface area contributed by atoms with E-state index in [4.69, 9.17) is 5.53 Å². The number of aliphatic hydroxyl groups excluding tert-OH is 1. The molecule has 0 radical (unpaired) electrons. The van der Waals surface area contributed by atoms with Crippen LogP contribution >= 0.6 is 0 Å². The molecule has 1 fully saturated rings. The van der Waals surface area contributed by atoms with E-state index in [0.717, 1.165) is 32.5 Å². The SMILES string of the molecule is CC(O)C1CCCN(CCN=[N+]=[N-])C1. The smallest absolute Gasteiger partial charge is 0.0552 e. The second-order valence-electron chi connectivity index (χ2n) is 3.90. The number of nitrogens with zero attached hydrogens (tertiary/aromatic N) is 4. The van der Waals surface area contributed by atoms with E-state index in [-0.39, 0.29) is 6.10 Å². The molecule has 0 aliphatic carbocycles. The second-order valence-corrected chi connectivity index (χ2v) is 3.90. The number of azide groups is 1. The van der Waals surface area contributed by atoms with Crippen LogP contribution in [0.5, 0.6) is 0 Å². The first kappa shape index (κ1) is 11.3. The summed E-state index contributed by atoms with van der Waals surface area (Å²) >= 11 is 0. The lowest BCUT2D eigenvalue weighted by molar-refractivity contribution is 0.0642. The van der Waals surface area contributed by atoms with Gasteiger partial charge in [-0.1, -0.05) is 5.11 Å². The molecule has 1 saturated heterocycles. The van der Waals surface area contributed by atoms with Gasteiger partial charge in [0.15, 0.2) is 0 Å². The molecule has 2 unspecified atom stereocenters. The molecule has 2 atom stereocenters. The molecule has 0 aromatic rings. The van der Waals surface area contributed by atoms with Crippen LogP contribution in [0.1, 0.15) is 19.8 Å². The third kappa shape index (κ3) is 3.54. The minimum Gasteiger partial charge on any atom is -0.393 e. The molecule has 1 aliphatic rings. The van der Waals surface area contributed by atoms with Crippen molar-refractivity contribution in [1.82, 2.24) is 4.90 Å². The molecular formula is C9H18N4O. The van der Waals surface area contributed by atoms with E-state index in [0.29, 0.717) is 12.5 Å². The van der Waals surface area contributed by atoms with E-state index < -0.39 is 0 Å². The number of rotatable bonds is 4. The van der Waals surface area contributed by atoms with Crippen molar-refractivity contribution in [3.8, 4) is 0 Å². The second kappa shape index (κ2) is 5.86. The summed E-state index contributed by atoms with van der Waals surface area (Å²) in [5, 5.41) is 13.0. The van der Waals surface area contributed by atoms with Crippen LogP contribution in [0.25, 0.3) is 10.4 Å². The Morgan fingerprint density at radius 1 is 1.71 bits per heavy atom. The Labute approximate surface area is 84.3 Å². The van der Waals surface area contributed by atoms with Crippen LogP contribution in [-0.4, -0.2) is 42.3 Å². The lowest BCUT2D eigenvalue weighted by atomic mass is 9.93. The molecule has 1 heterocycles. The van der Waals surface area contributed by atoms with Gasteiger partial charge >= 0.3 is 0 Å². The fraction of sp³-hybridized carbons (Fsp3) is 1.00. The number of likely N-dealkylation sites (tertiary alicyclic amines) is 1. The lowest BCUT2D eigenvalue weighted by Crippen LogP contribution is -2.40. The van der Waals surface area contributed by atoms with E-state index in [2.05, 4.69) is 14.9 Å². The number of aliphatic hydroxyl groups is 1. The van der Waals surface area contributed by atoms with Gasteiger partial charge in [-0.15, -0.1) is 0 Å². The Hall–Kier alpha value is -0.770. The highest BCUT2D eigenvalue weighted by Crippen LogP contribution is 2.19. The van der Waals surface area contributed by atoms with Crippen LogP contribution in [0.4, 0.5) is 0 Å². The van der Waals surface area contributed by atoms with Gasteiger partial charge < -0.3 is 10.0 Å². The third-order valence-corrected chi connectivity index (χ3v) is 2.80. The van der Waals surface area contributed by atoms with Gasteiger partial charge in [0.2, 0.25) is 0 Å². The van der Waals surface area contributed by atoms with Gasteiger partial charge in [-0.2, -0.15) is 0 Å². The van der Waals surface area contributed by atoms with Crippen molar-refractivity contribution in [3.05, 3.63) is 10.4 Å². The van der Waals surface area contributed by atoms with Gasteiger partial charge in [0.05, 0.1) is 6.10 Å². The average Bonchev–Trinajstić information content (AvgIpc) is 2.19. The van der Waals surface area contributed by atoms with Gasteiger partial charge in [-0.3, -0.25) is 0 Å². The van der Waals surface area contributed by atoms with Crippen molar-refractivity contribution in [3.63, 3.8) is 0 Å². The van der Waals surface area contributed by atoms with Crippen molar-refractivity contribution < 1.29 is 5.11 Å². The summed E-state index contributed by atoms with van der Waals surface area (Å²) in [5.74, 6) is 0.384. The standard InChI is InChI=1S/C9H18N4O/c1-8(14)9-3-2-5-13(7-9)6-4-11-12-10/h8-9,14H,2-7H2,1H3. The molecule has 5 nitrogen and oxygen atoms in total. The first-order chi connectivity index (χ1) is 6.74. The Kier molecular flexibility index (Phi) is 4.73. The monoisotopic (exact) mass is 198 g/mol. The summed E-state index contributed by atoms with van der Waals surface area (Å²) in [6.45, 7) is 5.18. The summed E-state index contributed by atoms with van der Waals surface area (Å²) in [7, 11) is 0. The van der Waals surface area contributed by atoms with Gasteiger partial charge in [-0.05, 0) is 37.8 Å². The first-order valence-electron chi connectivity index (χ1n) is 5.15. The van der Waals surface area contributed by atoms with Crippen LogP contribution in [0.15, 0.2) is 5.11 Å². The molecule has 0 aromatic heterocycles. The molecule has 80 valence electrons. The highest BCUT2D eigenvalue weighted by molar-refractivity contribution is 4.76. The molecule has 5 heteroatoms. The van der Waals surface area contributed by atoms with Crippen LogP contribution in [0.2, 0.25) is 0 Å². The molecule has 0 bridgehead atoms. The predicted octanol–water partition coefficient (Wildman–Crippen LogP) is 1.39. The van der Waals surface area contributed by atoms with Gasteiger partial charge in [-0.25, -0.2) is 0 Å². The third-order valence-electron chi connectivity index (χ3n) is 2.80. The first-order valence-corrected chi connectivity index (χ1v) is 5.15. The van der Waals surface area contributed by atoms with Crippen LogP contribution in [-0.2, 0) is 0 Å². The number of hydrogen-bond donors (Lipinski definition) is 1. The normalized spacial score (nSPS) is 25.4. The lowest BCUT2D eigenvalue weighted by Gasteiger charge is -2.33. The zero-order valence-electron chi connectivity index (χ0n) is 8.63. The van der Waals surface area contributed by atoms with Gasteiger partial charge in [0.25, 0.3) is 0 Å². The molecule has 1 N–H and O–H groups in total. The maximum atomic E-state index is 9.46. The summed E-state index contributed by atoms with van der Waals surface area (Å²) < 4.78 is 0. The van der Waals surface area contributed by atoms with Crippen LogP contribution < -0.4 is 0 Å². The molecule has 14 heavy (non-hydrogen) atoms. The maximum absolute atomic E-state index is 9.46. The van der Waals surface area contributed by atoms with Crippen LogP contribution in [0, 0.1) is 5.92 Å². The molecule has 1 aliphatic heterocycles. The van der Waals surface area contributed by atoms with Crippen LogP contribution in [0.3, 0.4) is 0 Å². The Balaban J connectivity index is 2.28. The molecule has 0 spiro atoms. The quantitative estimate of drug-likeness (QED) is 0.421. The van der Waals surface area contributed by atoms with E-state index in [1.165, 1.54) is 0 Å². The molecule has 0 amide bonds. The van der Waals surface area contributed by atoms with E-state index in [1.54, 1.807) is 0 Å². The van der Waals surface area contributed by atoms with E-state index >= 15 is 0 Å². The minimum atomic E-state index is -0.225. The fourth-order valence-corrected chi connectivity index (χ4v) is 1.92. The van der Waals surface area contributed by atoms with Gasteiger partial charge in [0, 0.05) is 24.5 Å². The fourth-order valence-electron chi connectivity index (χ4n) is 1.92. The summed E-state index contributed by atoms with van der Waals surface area (Å²) in [6, 6.07) is 0. The molecule has 1 rings (SSSR count). The van der Waals surface area contributed by atoms with Gasteiger partial charge in [0.1, 0.15) is 0 Å². The summed E-state index contributed by atoms with van der Waals surface area (Å²) in [5.41, 5.74) is 8.14. The van der Waals surface area contributed by atoms with E-state index in [1.807, 2.05) is 6.92 Å².